The molecular weight excluding hydrogens is 354 g/mol. The van der Waals surface area contributed by atoms with Gasteiger partial charge in [-0.15, -0.1) is 0 Å². The molecule has 8 heteroatoms. The molecule has 0 aliphatic heterocycles. The van der Waals surface area contributed by atoms with Crippen molar-refractivity contribution in [3.63, 3.8) is 0 Å². The van der Waals surface area contributed by atoms with Gasteiger partial charge in [0.15, 0.2) is 0 Å². The van der Waals surface area contributed by atoms with Crippen LogP contribution in [0.4, 0.5) is 10.5 Å². The van der Waals surface area contributed by atoms with Gasteiger partial charge in [0.2, 0.25) is 0 Å². The quantitative estimate of drug-likeness (QED) is 0.842. The Hall–Kier alpha value is -2.54. The fourth-order valence-electron chi connectivity index (χ4n) is 2.82. The molecule has 3 amide bonds. The number of carbonyl (C=O) groups excluding carboxylic acids is 2. The first-order chi connectivity index (χ1) is 12.4. The van der Waals surface area contributed by atoms with E-state index in [1.54, 1.807) is 38.5 Å². The van der Waals surface area contributed by atoms with Crippen LogP contribution in [-0.4, -0.2) is 40.5 Å². The minimum absolute atomic E-state index is 0.134. The van der Waals surface area contributed by atoms with Crippen molar-refractivity contribution in [3.8, 4) is 0 Å². The molecule has 2 N–H and O–H groups in total. The highest BCUT2D eigenvalue weighted by Gasteiger charge is 2.35. The van der Waals surface area contributed by atoms with Gasteiger partial charge in [-0.05, 0) is 37.0 Å². The van der Waals surface area contributed by atoms with Gasteiger partial charge in [-0.2, -0.15) is 0 Å². The highest BCUT2D eigenvalue weighted by molar-refractivity contribution is 6.34. The largest absolute Gasteiger partial charge is 0.345 e. The smallest absolute Gasteiger partial charge is 0.319 e. The van der Waals surface area contributed by atoms with E-state index in [9.17, 15) is 9.59 Å². The number of urea groups is 1. The minimum Gasteiger partial charge on any atom is -0.345 e. The van der Waals surface area contributed by atoms with Crippen molar-refractivity contribution in [2.75, 3.05) is 19.4 Å². The lowest BCUT2D eigenvalue weighted by Gasteiger charge is -2.19. The maximum Gasteiger partial charge on any atom is 0.319 e. The number of nitrogens with zero attached hydrogens (tertiary/aromatic N) is 3. The van der Waals surface area contributed by atoms with Crippen LogP contribution >= 0.6 is 11.6 Å². The third kappa shape index (κ3) is 3.99. The number of hydrogen-bond acceptors (Lipinski definition) is 3. The topological polar surface area (TPSA) is 79.3 Å². The number of halogens is 1. The number of anilines is 1. The fraction of sp³-hybridized carbons (Fsp3) is 0.389. The molecule has 7 nitrogen and oxygen atoms in total. The Balaban J connectivity index is 1.72. The molecule has 1 saturated carbocycles. The van der Waals surface area contributed by atoms with Crippen molar-refractivity contribution < 1.29 is 9.59 Å². The summed E-state index contributed by atoms with van der Waals surface area (Å²) in [5, 5.41) is 6.12. The van der Waals surface area contributed by atoms with Crippen LogP contribution in [0.2, 0.25) is 5.02 Å². The van der Waals surface area contributed by atoms with Crippen molar-refractivity contribution in [2.24, 2.45) is 13.0 Å². The maximum absolute atomic E-state index is 12.5. The van der Waals surface area contributed by atoms with Crippen LogP contribution in [0.5, 0.6) is 0 Å². The number of amides is 3. The Morgan fingerprint density at radius 2 is 2.08 bits per heavy atom. The Morgan fingerprint density at radius 1 is 1.35 bits per heavy atom. The molecule has 3 rings (SSSR count). The molecule has 0 bridgehead atoms. The molecule has 138 valence electrons. The summed E-state index contributed by atoms with van der Waals surface area (Å²) in [4.78, 5) is 30.4. The van der Waals surface area contributed by atoms with E-state index in [2.05, 4.69) is 15.6 Å². The average molecular weight is 376 g/mol. The van der Waals surface area contributed by atoms with E-state index in [1.165, 1.54) is 4.90 Å². The van der Waals surface area contributed by atoms with Crippen molar-refractivity contribution in [1.29, 1.82) is 0 Å². The number of carbonyl (C=O) groups is 2. The molecule has 1 aliphatic carbocycles. The molecule has 0 spiro atoms. The Kier molecular flexibility index (Phi) is 5.18. The van der Waals surface area contributed by atoms with E-state index in [0.29, 0.717) is 22.2 Å². The minimum atomic E-state index is -0.338. The first kappa shape index (κ1) is 18.3. The Bertz CT molecular complexity index is 829. The number of hydrogen-bond donors (Lipinski definition) is 2. The molecule has 26 heavy (non-hydrogen) atoms. The highest BCUT2D eigenvalue weighted by atomic mass is 35.5. The number of imidazole rings is 1. The number of aryl methyl sites for hydroxylation is 1. The van der Waals surface area contributed by atoms with Gasteiger partial charge >= 0.3 is 6.03 Å². The summed E-state index contributed by atoms with van der Waals surface area (Å²) >= 11 is 6.10. The molecule has 2 aromatic rings. The lowest BCUT2D eigenvalue weighted by atomic mass is 10.1. The monoisotopic (exact) mass is 375 g/mol. The highest BCUT2D eigenvalue weighted by Crippen LogP contribution is 2.40. The zero-order valence-electron chi connectivity index (χ0n) is 15.0. The summed E-state index contributed by atoms with van der Waals surface area (Å²) in [5.74, 6) is 1.02. The summed E-state index contributed by atoms with van der Waals surface area (Å²) < 4.78 is 1.92. The zero-order chi connectivity index (χ0) is 18.8. The van der Waals surface area contributed by atoms with E-state index < -0.39 is 0 Å². The second-order valence-electron chi connectivity index (χ2n) is 6.70. The standard InChI is InChI=1S/C18H22ClN5O2/c1-23(2)17(25)13-10-12(6-7-14(13)19)21-18(26)22-15(11-4-5-11)16-20-8-9-24(16)3/h6-11,15H,4-5H2,1-3H3,(H2,21,22,26)/t15-/m1/s1. The lowest BCUT2D eigenvalue weighted by molar-refractivity contribution is 0.0828. The molecular formula is C18H22ClN5O2. The van der Waals surface area contributed by atoms with Gasteiger partial charge in [-0.25, -0.2) is 9.78 Å². The van der Waals surface area contributed by atoms with Gasteiger partial charge in [0, 0.05) is 39.2 Å². The van der Waals surface area contributed by atoms with E-state index in [0.717, 1.165) is 18.7 Å². The van der Waals surface area contributed by atoms with Gasteiger partial charge < -0.3 is 20.1 Å². The summed E-state index contributed by atoms with van der Waals surface area (Å²) in [6, 6.07) is 4.38. The average Bonchev–Trinajstić information content (AvgIpc) is 3.35. The second-order valence-corrected chi connectivity index (χ2v) is 7.11. The van der Waals surface area contributed by atoms with Crippen LogP contribution in [0.25, 0.3) is 0 Å². The van der Waals surface area contributed by atoms with Crippen LogP contribution in [0, 0.1) is 5.92 Å². The normalized spacial score (nSPS) is 14.6. The van der Waals surface area contributed by atoms with E-state index in [-0.39, 0.29) is 18.0 Å². The lowest BCUT2D eigenvalue weighted by Crippen LogP contribution is -2.35. The molecule has 1 aromatic heterocycles. The van der Waals surface area contributed by atoms with Crippen molar-refractivity contribution >= 4 is 29.2 Å². The number of aromatic nitrogens is 2. The summed E-state index contributed by atoms with van der Waals surface area (Å²) in [6.07, 6.45) is 5.73. The molecule has 0 radical (unpaired) electrons. The molecule has 0 unspecified atom stereocenters. The van der Waals surface area contributed by atoms with Gasteiger partial charge in [0.25, 0.3) is 5.91 Å². The molecule has 1 atom stereocenters. The molecule has 1 heterocycles. The predicted octanol–water partition coefficient (Wildman–Crippen LogP) is 3.05. The number of benzene rings is 1. The Morgan fingerprint density at radius 3 is 2.65 bits per heavy atom. The van der Waals surface area contributed by atoms with E-state index >= 15 is 0 Å². The number of nitrogens with one attached hydrogen (secondary N) is 2. The van der Waals surface area contributed by atoms with Gasteiger partial charge in [-0.1, -0.05) is 11.6 Å². The summed E-state index contributed by atoms with van der Waals surface area (Å²) in [6.45, 7) is 0. The third-order valence-corrected chi connectivity index (χ3v) is 4.71. The summed E-state index contributed by atoms with van der Waals surface area (Å²) in [7, 11) is 5.22. The zero-order valence-corrected chi connectivity index (χ0v) is 15.7. The molecule has 1 aliphatic rings. The first-order valence-corrected chi connectivity index (χ1v) is 8.80. The Labute approximate surface area is 157 Å². The van der Waals surface area contributed by atoms with E-state index in [1.807, 2.05) is 17.8 Å². The van der Waals surface area contributed by atoms with Crippen LogP contribution in [-0.2, 0) is 7.05 Å². The van der Waals surface area contributed by atoms with Gasteiger partial charge in [0.05, 0.1) is 16.6 Å². The second kappa shape index (κ2) is 7.37. The maximum atomic E-state index is 12.5. The van der Waals surface area contributed by atoms with Crippen LogP contribution in [0.1, 0.15) is 35.1 Å². The van der Waals surface area contributed by atoms with Gasteiger partial charge in [-0.3, -0.25) is 4.79 Å². The van der Waals surface area contributed by atoms with Crippen molar-refractivity contribution in [3.05, 3.63) is 47.0 Å². The number of rotatable bonds is 5. The molecule has 1 fully saturated rings. The van der Waals surface area contributed by atoms with E-state index in [4.69, 9.17) is 11.6 Å². The molecule has 0 saturated heterocycles. The third-order valence-electron chi connectivity index (χ3n) is 4.38. The first-order valence-electron chi connectivity index (χ1n) is 8.42. The summed E-state index contributed by atoms with van der Waals surface area (Å²) in [5.41, 5.74) is 0.851. The van der Waals surface area contributed by atoms with Crippen molar-refractivity contribution in [1.82, 2.24) is 19.8 Å². The predicted molar refractivity (Wildman–Crippen MR) is 100 cm³/mol. The SMILES string of the molecule is CN(C)C(=O)c1cc(NC(=O)N[C@@H](c2nccn2C)C2CC2)ccc1Cl. The van der Waals surface area contributed by atoms with Crippen LogP contribution in [0.15, 0.2) is 30.6 Å². The fourth-order valence-corrected chi connectivity index (χ4v) is 3.01. The van der Waals surface area contributed by atoms with Crippen molar-refractivity contribution in [2.45, 2.75) is 18.9 Å². The molecule has 1 aromatic carbocycles. The van der Waals surface area contributed by atoms with Crippen LogP contribution in [0.3, 0.4) is 0 Å². The van der Waals surface area contributed by atoms with Crippen LogP contribution < -0.4 is 10.6 Å². The van der Waals surface area contributed by atoms with Gasteiger partial charge in [0.1, 0.15) is 5.82 Å².